The van der Waals surface area contributed by atoms with Crippen LogP contribution < -0.4 is 10.2 Å². The van der Waals surface area contributed by atoms with Crippen molar-refractivity contribution in [2.24, 2.45) is 11.8 Å². The molecule has 3 heterocycles. The SMILES string of the molecule is Cc1nc([C@@H](C)n2cc(C(=O)N[C@H]3C[C@@H](c4cc(Cl)ccc4C#N)C3)nn2)cnc1N1C[C@H]2CC2C1=O. The third-order valence-electron chi connectivity index (χ3n) is 7.73. The van der Waals surface area contributed by atoms with Gasteiger partial charge >= 0.3 is 0 Å². The third kappa shape index (κ3) is 4.23. The number of anilines is 1. The Bertz CT molecular complexity index is 1460. The van der Waals surface area contributed by atoms with Gasteiger partial charge in [-0.1, -0.05) is 16.8 Å². The minimum absolute atomic E-state index is 0.00834. The lowest BCUT2D eigenvalue weighted by Crippen LogP contribution is -2.43. The van der Waals surface area contributed by atoms with E-state index in [1.807, 2.05) is 19.9 Å². The number of halogens is 1. The van der Waals surface area contributed by atoms with Crippen LogP contribution in [0.5, 0.6) is 0 Å². The highest BCUT2D eigenvalue weighted by Gasteiger charge is 2.53. The Morgan fingerprint density at radius 1 is 1.30 bits per heavy atom. The molecular weight excluding hydrogens is 492 g/mol. The maximum Gasteiger partial charge on any atom is 0.273 e. The largest absolute Gasteiger partial charge is 0.348 e. The molecule has 1 aromatic carbocycles. The van der Waals surface area contributed by atoms with Crippen LogP contribution in [0.1, 0.15) is 71.1 Å². The number of hydrogen-bond acceptors (Lipinski definition) is 7. The number of rotatable bonds is 6. The molecule has 2 amide bonds. The van der Waals surface area contributed by atoms with Crippen LogP contribution in [0, 0.1) is 30.1 Å². The van der Waals surface area contributed by atoms with E-state index in [-0.39, 0.29) is 41.4 Å². The van der Waals surface area contributed by atoms with Gasteiger partial charge in [-0.05, 0) is 68.7 Å². The van der Waals surface area contributed by atoms with Crippen LogP contribution in [0.15, 0.2) is 30.6 Å². The zero-order valence-electron chi connectivity index (χ0n) is 20.4. The molecule has 2 aliphatic carbocycles. The second-order valence-corrected chi connectivity index (χ2v) is 10.6. The first kappa shape index (κ1) is 23.6. The molecule has 1 unspecified atom stereocenters. The first-order valence-corrected chi connectivity index (χ1v) is 12.8. The molecule has 0 radical (unpaired) electrons. The fraction of sp³-hybridized carbons (Fsp3) is 0.423. The van der Waals surface area contributed by atoms with E-state index in [2.05, 4.69) is 31.7 Å². The van der Waals surface area contributed by atoms with Gasteiger partial charge < -0.3 is 5.32 Å². The number of fused-ring (bicyclic) bond motifs is 1. The van der Waals surface area contributed by atoms with Crippen LogP contribution in [0.4, 0.5) is 5.82 Å². The van der Waals surface area contributed by atoms with Gasteiger partial charge in [0.1, 0.15) is 0 Å². The molecule has 37 heavy (non-hydrogen) atoms. The Labute approximate surface area is 218 Å². The highest BCUT2D eigenvalue weighted by atomic mass is 35.5. The number of benzene rings is 1. The van der Waals surface area contributed by atoms with Crippen molar-refractivity contribution in [3.8, 4) is 6.07 Å². The first-order chi connectivity index (χ1) is 17.8. The summed E-state index contributed by atoms with van der Waals surface area (Å²) < 4.78 is 1.59. The number of nitrogens with zero attached hydrogens (tertiary/aromatic N) is 7. The third-order valence-corrected chi connectivity index (χ3v) is 7.97. The van der Waals surface area contributed by atoms with Crippen molar-refractivity contribution in [3.63, 3.8) is 0 Å². The summed E-state index contributed by atoms with van der Waals surface area (Å²) in [5, 5.41) is 21.2. The van der Waals surface area contributed by atoms with E-state index in [1.54, 1.807) is 34.1 Å². The summed E-state index contributed by atoms with van der Waals surface area (Å²) in [5.74, 6) is 1.27. The normalized spacial score (nSPS) is 24.7. The molecule has 1 N–H and O–H groups in total. The van der Waals surface area contributed by atoms with E-state index < -0.39 is 0 Å². The Morgan fingerprint density at radius 2 is 2.11 bits per heavy atom. The summed E-state index contributed by atoms with van der Waals surface area (Å²) in [6.07, 6.45) is 5.71. The Morgan fingerprint density at radius 3 is 2.81 bits per heavy atom. The lowest BCUT2D eigenvalue weighted by atomic mass is 9.74. The molecule has 11 heteroatoms. The van der Waals surface area contributed by atoms with Crippen LogP contribution >= 0.6 is 11.6 Å². The minimum Gasteiger partial charge on any atom is -0.348 e. The van der Waals surface area contributed by atoms with Gasteiger partial charge in [0.2, 0.25) is 5.91 Å². The predicted molar refractivity (Wildman–Crippen MR) is 134 cm³/mol. The summed E-state index contributed by atoms with van der Waals surface area (Å²) >= 11 is 6.11. The van der Waals surface area contributed by atoms with Gasteiger partial charge in [-0.3, -0.25) is 19.5 Å². The molecule has 3 fully saturated rings. The molecule has 3 atom stereocenters. The van der Waals surface area contributed by atoms with Crippen molar-refractivity contribution >= 4 is 29.2 Å². The smallest absolute Gasteiger partial charge is 0.273 e. The minimum atomic E-state index is -0.294. The molecule has 0 spiro atoms. The molecule has 2 saturated carbocycles. The summed E-state index contributed by atoms with van der Waals surface area (Å²) in [5.41, 5.74) is 3.13. The van der Waals surface area contributed by atoms with Gasteiger partial charge in [-0.15, -0.1) is 5.10 Å². The van der Waals surface area contributed by atoms with E-state index >= 15 is 0 Å². The standard InChI is InChI=1S/C26H25ClN8O2/c1-13-24(34-11-17-7-21(17)26(34)37)29-10-22(30-13)14(2)35-12-23(32-33-35)25(36)31-19-5-16(6-19)20-8-18(27)4-3-15(20)9-28/h3-4,8,10,12,14,16-17,19,21H,5-7,11H2,1-2H3,(H,31,36)/t14-,16-,17-,19+,21?/m1/s1. The van der Waals surface area contributed by atoms with Crippen LogP contribution in [0.2, 0.25) is 5.02 Å². The number of amides is 2. The molecule has 2 aromatic heterocycles. The monoisotopic (exact) mass is 516 g/mol. The maximum atomic E-state index is 12.8. The summed E-state index contributed by atoms with van der Waals surface area (Å²) in [6.45, 7) is 4.48. The number of carbonyl (C=O) groups excluding carboxylic acids is 2. The number of carbonyl (C=O) groups is 2. The van der Waals surface area contributed by atoms with Crippen LogP contribution in [-0.4, -0.2) is 49.4 Å². The molecule has 0 bridgehead atoms. The second-order valence-electron chi connectivity index (χ2n) is 10.2. The Balaban J connectivity index is 1.08. The van der Waals surface area contributed by atoms with E-state index in [4.69, 9.17) is 11.6 Å². The van der Waals surface area contributed by atoms with Crippen molar-refractivity contribution in [3.05, 3.63) is 63.8 Å². The van der Waals surface area contributed by atoms with Crippen LogP contribution in [0.25, 0.3) is 0 Å². The quantitative estimate of drug-likeness (QED) is 0.532. The molecule has 3 aromatic rings. The van der Waals surface area contributed by atoms with Gasteiger partial charge in [0.05, 0.1) is 41.5 Å². The van der Waals surface area contributed by atoms with E-state index in [9.17, 15) is 14.9 Å². The number of nitriles is 1. The first-order valence-electron chi connectivity index (χ1n) is 12.4. The second kappa shape index (κ2) is 8.92. The molecule has 1 aliphatic heterocycles. The number of aromatic nitrogens is 5. The fourth-order valence-electron chi connectivity index (χ4n) is 5.35. The Hall–Kier alpha value is -3.84. The van der Waals surface area contributed by atoms with Crippen molar-refractivity contribution in [2.75, 3.05) is 11.4 Å². The molecule has 1 saturated heterocycles. The highest BCUT2D eigenvalue weighted by molar-refractivity contribution is 6.30. The van der Waals surface area contributed by atoms with Crippen molar-refractivity contribution < 1.29 is 9.59 Å². The highest BCUT2D eigenvalue weighted by Crippen LogP contribution is 2.47. The molecule has 3 aliphatic rings. The van der Waals surface area contributed by atoms with Gasteiger partial charge in [0.25, 0.3) is 5.91 Å². The summed E-state index contributed by atoms with van der Waals surface area (Å²) in [4.78, 5) is 36.2. The maximum absolute atomic E-state index is 12.8. The summed E-state index contributed by atoms with van der Waals surface area (Å²) in [7, 11) is 0. The number of aryl methyl sites for hydroxylation is 1. The fourth-order valence-corrected chi connectivity index (χ4v) is 5.54. The van der Waals surface area contributed by atoms with Crippen molar-refractivity contribution in [1.29, 1.82) is 5.26 Å². The molecular formula is C26H25ClN8O2. The van der Waals surface area contributed by atoms with E-state index in [1.165, 1.54) is 0 Å². The molecule has 6 rings (SSSR count). The summed E-state index contributed by atoms with van der Waals surface area (Å²) in [6, 6.07) is 7.19. The average Bonchev–Trinajstić information content (AvgIpc) is 3.32. The lowest BCUT2D eigenvalue weighted by molar-refractivity contribution is -0.118. The number of piperidine rings is 1. The Kier molecular flexibility index (Phi) is 5.68. The predicted octanol–water partition coefficient (Wildman–Crippen LogP) is 3.17. The van der Waals surface area contributed by atoms with E-state index in [0.29, 0.717) is 33.7 Å². The van der Waals surface area contributed by atoms with Gasteiger partial charge in [0.15, 0.2) is 11.5 Å². The average molecular weight is 517 g/mol. The van der Waals surface area contributed by atoms with Crippen LogP contribution in [0.3, 0.4) is 0 Å². The molecule has 188 valence electrons. The van der Waals surface area contributed by atoms with Crippen molar-refractivity contribution in [2.45, 2.75) is 51.1 Å². The topological polar surface area (TPSA) is 130 Å². The van der Waals surface area contributed by atoms with Gasteiger partial charge in [0, 0.05) is 23.5 Å². The zero-order valence-corrected chi connectivity index (χ0v) is 21.2. The number of hydrogen-bond donors (Lipinski definition) is 1. The van der Waals surface area contributed by atoms with E-state index in [0.717, 1.165) is 31.4 Å². The van der Waals surface area contributed by atoms with Gasteiger partial charge in [-0.2, -0.15) is 5.26 Å². The van der Waals surface area contributed by atoms with Crippen LogP contribution in [-0.2, 0) is 4.79 Å². The lowest BCUT2D eigenvalue weighted by Gasteiger charge is -2.36. The van der Waals surface area contributed by atoms with Gasteiger partial charge in [-0.25, -0.2) is 9.67 Å². The molecule has 10 nitrogen and oxygen atoms in total. The van der Waals surface area contributed by atoms with Crippen molar-refractivity contribution in [1.82, 2.24) is 30.3 Å². The number of nitrogens with one attached hydrogen (secondary N) is 1. The zero-order chi connectivity index (χ0) is 25.8.